The van der Waals surface area contributed by atoms with Gasteiger partial charge < -0.3 is 15.2 Å². The SMILES string of the molecule is COc1ccc(-n2cccn2)n2nc(Nc3ccccc3C(=O)O)nc12. The first kappa shape index (κ1) is 15.6. The summed E-state index contributed by atoms with van der Waals surface area (Å²) in [5.41, 5.74) is 1.01. The molecule has 0 radical (unpaired) electrons. The number of ether oxygens (including phenoxy) is 1. The summed E-state index contributed by atoms with van der Waals surface area (Å²) in [4.78, 5) is 15.8. The van der Waals surface area contributed by atoms with Gasteiger partial charge in [-0.2, -0.15) is 14.6 Å². The van der Waals surface area contributed by atoms with Gasteiger partial charge in [0.05, 0.1) is 18.4 Å². The second-order valence-electron chi connectivity index (χ2n) is 5.36. The number of nitrogens with one attached hydrogen (secondary N) is 1. The standard InChI is InChI=1S/C17H14N6O3/c1-26-13-7-8-14(22-10-4-9-18-22)23-15(13)20-17(21-23)19-12-6-3-2-5-11(12)16(24)25/h2-10H,1H3,(H,19,21)(H,24,25). The fourth-order valence-corrected chi connectivity index (χ4v) is 2.62. The quantitative estimate of drug-likeness (QED) is 0.569. The van der Waals surface area contributed by atoms with E-state index in [0.717, 1.165) is 0 Å². The normalized spacial score (nSPS) is 10.8. The number of methoxy groups -OCH3 is 1. The van der Waals surface area contributed by atoms with E-state index in [1.54, 1.807) is 59.0 Å². The Labute approximate surface area is 147 Å². The first-order chi connectivity index (χ1) is 12.7. The molecule has 0 spiro atoms. The number of benzene rings is 1. The number of para-hydroxylation sites is 1. The molecule has 0 amide bonds. The average Bonchev–Trinajstić information content (AvgIpc) is 3.31. The molecule has 0 saturated heterocycles. The minimum absolute atomic E-state index is 0.130. The van der Waals surface area contributed by atoms with Gasteiger partial charge in [0, 0.05) is 12.4 Å². The monoisotopic (exact) mass is 350 g/mol. The number of pyridine rings is 1. The minimum Gasteiger partial charge on any atom is -0.493 e. The largest absolute Gasteiger partial charge is 0.493 e. The summed E-state index contributed by atoms with van der Waals surface area (Å²) in [7, 11) is 1.55. The van der Waals surface area contributed by atoms with E-state index in [-0.39, 0.29) is 11.5 Å². The Hall–Kier alpha value is -3.88. The lowest BCUT2D eigenvalue weighted by Gasteiger charge is -2.06. The predicted molar refractivity (Wildman–Crippen MR) is 93.3 cm³/mol. The summed E-state index contributed by atoms with van der Waals surface area (Å²) in [5, 5.41) is 20.9. The van der Waals surface area contributed by atoms with Crippen molar-refractivity contribution >= 4 is 23.3 Å². The smallest absolute Gasteiger partial charge is 0.337 e. The first-order valence-corrected chi connectivity index (χ1v) is 7.70. The van der Waals surface area contributed by atoms with Gasteiger partial charge in [0.25, 0.3) is 0 Å². The number of nitrogens with zero attached hydrogens (tertiary/aromatic N) is 5. The Kier molecular flexibility index (Phi) is 3.73. The van der Waals surface area contributed by atoms with Gasteiger partial charge in [-0.1, -0.05) is 12.1 Å². The van der Waals surface area contributed by atoms with Crippen LogP contribution in [0.3, 0.4) is 0 Å². The van der Waals surface area contributed by atoms with Gasteiger partial charge in [-0.05, 0) is 30.3 Å². The van der Waals surface area contributed by atoms with Crippen molar-refractivity contribution in [2.75, 3.05) is 12.4 Å². The molecule has 0 atom stereocenters. The third-order valence-corrected chi connectivity index (χ3v) is 3.79. The molecule has 26 heavy (non-hydrogen) atoms. The number of anilines is 2. The Morgan fingerprint density at radius 1 is 1.19 bits per heavy atom. The number of fused-ring (bicyclic) bond motifs is 1. The lowest BCUT2D eigenvalue weighted by molar-refractivity contribution is 0.0698. The van der Waals surface area contributed by atoms with Gasteiger partial charge in [-0.15, -0.1) is 5.10 Å². The molecular formula is C17H14N6O3. The maximum absolute atomic E-state index is 11.4. The third-order valence-electron chi connectivity index (χ3n) is 3.79. The second kappa shape index (κ2) is 6.20. The molecule has 9 nitrogen and oxygen atoms in total. The summed E-state index contributed by atoms with van der Waals surface area (Å²) in [6.07, 6.45) is 3.45. The van der Waals surface area contributed by atoms with E-state index in [2.05, 4.69) is 20.5 Å². The highest BCUT2D eigenvalue weighted by Gasteiger charge is 2.16. The van der Waals surface area contributed by atoms with E-state index in [1.807, 2.05) is 6.07 Å². The van der Waals surface area contributed by atoms with Crippen molar-refractivity contribution in [2.45, 2.75) is 0 Å². The van der Waals surface area contributed by atoms with E-state index in [9.17, 15) is 9.90 Å². The molecule has 4 rings (SSSR count). The van der Waals surface area contributed by atoms with E-state index in [1.165, 1.54) is 6.07 Å². The molecule has 0 aliphatic heterocycles. The number of carboxylic acid groups (broad SMARTS) is 1. The van der Waals surface area contributed by atoms with Crippen LogP contribution in [0.1, 0.15) is 10.4 Å². The summed E-state index contributed by atoms with van der Waals surface area (Å²) >= 11 is 0. The van der Waals surface area contributed by atoms with Crippen LogP contribution < -0.4 is 10.1 Å². The Balaban J connectivity index is 1.83. The molecule has 0 fully saturated rings. The van der Waals surface area contributed by atoms with Crippen LogP contribution in [0.5, 0.6) is 5.75 Å². The Morgan fingerprint density at radius 3 is 2.77 bits per heavy atom. The van der Waals surface area contributed by atoms with Crippen LogP contribution in [-0.4, -0.2) is 42.6 Å². The average molecular weight is 350 g/mol. The van der Waals surface area contributed by atoms with Crippen molar-refractivity contribution in [2.24, 2.45) is 0 Å². The van der Waals surface area contributed by atoms with E-state index < -0.39 is 5.97 Å². The first-order valence-electron chi connectivity index (χ1n) is 7.70. The molecule has 0 saturated carbocycles. The Bertz CT molecular complexity index is 1090. The molecule has 3 heterocycles. The fraction of sp³-hybridized carbons (Fsp3) is 0.0588. The summed E-state index contributed by atoms with van der Waals surface area (Å²) in [6, 6.07) is 11.9. The Morgan fingerprint density at radius 2 is 2.04 bits per heavy atom. The number of hydrogen-bond donors (Lipinski definition) is 2. The predicted octanol–water partition coefficient (Wildman–Crippen LogP) is 2.37. The molecule has 4 aromatic rings. The molecule has 1 aromatic carbocycles. The van der Waals surface area contributed by atoms with Gasteiger partial charge >= 0.3 is 5.97 Å². The lowest BCUT2D eigenvalue weighted by atomic mass is 10.2. The zero-order valence-electron chi connectivity index (χ0n) is 13.7. The zero-order valence-corrected chi connectivity index (χ0v) is 13.7. The summed E-state index contributed by atoms with van der Waals surface area (Å²) in [6.45, 7) is 0. The van der Waals surface area contributed by atoms with Crippen molar-refractivity contribution < 1.29 is 14.6 Å². The molecule has 2 N–H and O–H groups in total. The van der Waals surface area contributed by atoms with Crippen molar-refractivity contribution in [3.63, 3.8) is 0 Å². The highest BCUT2D eigenvalue weighted by atomic mass is 16.5. The lowest BCUT2D eigenvalue weighted by Crippen LogP contribution is -2.05. The third kappa shape index (κ3) is 2.61. The van der Waals surface area contributed by atoms with E-state index >= 15 is 0 Å². The fourth-order valence-electron chi connectivity index (χ4n) is 2.62. The number of aromatic nitrogens is 5. The van der Waals surface area contributed by atoms with Crippen LogP contribution in [0.2, 0.25) is 0 Å². The van der Waals surface area contributed by atoms with Gasteiger partial charge in [-0.25, -0.2) is 9.48 Å². The highest BCUT2D eigenvalue weighted by molar-refractivity contribution is 5.94. The van der Waals surface area contributed by atoms with E-state index in [0.29, 0.717) is 22.9 Å². The number of carboxylic acids is 1. The van der Waals surface area contributed by atoms with Gasteiger partial charge in [-0.3, -0.25) is 0 Å². The topological polar surface area (TPSA) is 107 Å². The zero-order chi connectivity index (χ0) is 18.1. The van der Waals surface area contributed by atoms with Crippen LogP contribution in [0.25, 0.3) is 11.5 Å². The summed E-state index contributed by atoms with van der Waals surface area (Å²) in [5.74, 6) is 0.411. The van der Waals surface area contributed by atoms with Crippen LogP contribution in [0.15, 0.2) is 54.9 Å². The van der Waals surface area contributed by atoms with E-state index in [4.69, 9.17) is 4.74 Å². The van der Waals surface area contributed by atoms with Crippen molar-refractivity contribution in [1.82, 2.24) is 24.4 Å². The van der Waals surface area contributed by atoms with Crippen molar-refractivity contribution in [3.05, 3.63) is 60.4 Å². The maximum Gasteiger partial charge on any atom is 0.337 e. The van der Waals surface area contributed by atoms with Crippen LogP contribution >= 0.6 is 0 Å². The number of hydrogen-bond acceptors (Lipinski definition) is 6. The van der Waals surface area contributed by atoms with Crippen molar-refractivity contribution in [3.8, 4) is 11.6 Å². The second-order valence-corrected chi connectivity index (χ2v) is 5.36. The van der Waals surface area contributed by atoms with Crippen LogP contribution in [0, 0.1) is 0 Å². The van der Waals surface area contributed by atoms with Crippen LogP contribution in [-0.2, 0) is 0 Å². The van der Waals surface area contributed by atoms with Gasteiger partial charge in [0.15, 0.2) is 11.6 Å². The van der Waals surface area contributed by atoms with Crippen molar-refractivity contribution in [1.29, 1.82) is 0 Å². The number of carbonyl (C=O) groups is 1. The van der Waals surface area contributed by atoms with Gasteiger partial charge in [0.1, 0.15) is 0 Å². The molecule has 0 aliphatic carbocycles. The highest BCUT2D eigenvalue weighted by Crippen LogP contribution is 2.25. The molecule has 0 bridgehead atoms. The number of aromatic carboxylic acids is 1. The summed E-state index contributed by atoms with van der Waals surface area (Å²) < 4.78 is 8.58. The van der Waals surface area contributed by atoms with Gasteiger partial charge in [0.2, 0.25) is 11.6 Å². The number of rotatable bonds is 5. The molecule has 0 unspecified atom stereocenters. The molecule has 9 heteroatoms. The maximum atomic E-state index is 11.4. The molecule has 0 aliphatic rings. The molecule has 3 aromatic heterocycles. The van der Waals surface area contributed by atoms with Crippen LogP contribution in [0.4, 0.5) is 11.6 Å². The minimum atomic E-state index is -1.04. The molecule has 130 valence electrons. The molecular weight excluding hydrogens is 336 g/mol.